The molecule has 31 heavy (non-hydrogen) atoms. The SMILES string of the molecule is CCC(C)C(=O)Nc1ccccc1C(=O)N1CCc2c(C(=O)O)c(O)cc(=O)n2CC1. The van der Waals surface area contributed by atoms with Gasteiger partial charge in [0.1, 0.15) is 11.3 Å². The molecule has 164 valence electrons. The summed E-state index contributed by atoms with van der Waals surface area (Å²) in [4.78, 5) is 50.9. The summed E-state index contributed by atoms with van der Waals surface area (Å²) >= 11 is 0. The first-order valence-corrected chi connectivity index (χ1v) is 10.1. The molecule has 3 rings (SSSR count). The number of aromatic carboxylic acids is 1. The molecular weight excluding hydrogens is 402 g/mol. The fourth-order valence-corrected chi connectivity index (χ4v) is 3.59. The van der Waals surface area contributed by atoms with Crippen LogP contribution in [0.1, 0.15) is 46.7 Å². The molecule has 0 saturated heterocycles. The Morgan fingerprint density at radius 3 is 2.55 bits per heavy atom. The van der Waals surface area contributed by atoms with Crippen molar-refractivity contribution < 1.29 is 24.6 Å². The molecule has 1 aliphatic heterocycles. The minimum absolute atomic E-state index is 0.0956. The van der Waals surface area contributed by atoms with Crippen molar-refractivity contribution >= 4 is 23.5 Å². The maximum Gasteiger partial charge on any atom is 0.341 e. The zero-order valence-electron chi connectivity index (χ0n) is 17.4. The molecule has 2 heterocycles. The number of benzene rings is 1. The molecule has 3 N–H and O–H groups in total. The molecule has 1 atom stereocenters. The number of nitrogens with zero attached hydrogens (tertiary/aromatic N) is 2. The molecule has 1 aromatic carbocycles. The summed E-state index contributed by atoms with van der Waals surface area (Å²) in [6.45, 7) is 4.15. The van der Waals surface area contributed by atoms with Crippen molar-refractivity contribution in [1.29, 1.82) is 0 Å². The number of carboxylic acid groups (broad SMARTS) is 1. The maximum absolute atomic E-state index is 13.2. The molecule has 1 unspecified atom stereocenters. The summed E-state index contributed by atoms with van der Waals surface area (Å²) in [5.74, 6) is -2.63. The molecule has 0 radical (unpaired) electrons. The van der Waals surface area contributed by atoms with Crippen molar-refractivity contribution in [2.24, 2.45) is 5.92 Å². The van der Waals surface area contributed by atoms with Crippen LogP contribution in [-0.4, -0.2) is 50.6 Å². The fraction of sp³-hybridized carbons (Fsp3) is 0.364. The van der Waals surface area contributed by atoms with Gasteiger partial charge in [-0.05, 0) is 18.6 Å². The third-order valence-corrected chi connectivity index (χ3v) is 5.59. The standard InChI is InChI=1S/C22H25N3O6/c1-3-13(2)20(28)23-15-7-5-4-6-14(15)21(29)24-9-8-16-19(22(30)31)17(26)12-18(27)25(16)11-10-24/h4-7,12-13,26H,3,8-11H2,1-2H3,(H,23,28)(H,30,31). The van der Waals surface area contributed by atoms with Crippen LogP contribution in [0.4, 0.5) is 5.69 Å². The molecule has 1 aromatic heterocycles. The number of rotatable bonds is 5. The van der Waals surface area contributed by atoms with E-state index in [2.05, 4.69) is 5.32 Å². The van der Waals surface area contributed by atoms with E-state index in [1.807, 2.05) is 6.92 Å². The molecule has 1 aliphatic rings. The van der Waals surface area contributed by atoms with E-state index in [1.165, 1.54) is 9.47 Å². The minimum atomic E-state index is -1.33. The Morgan fingerprint density at radius 1 is 1.16 bits per heavy atom. The summed E-state index contributed by atoms with van der Waals surface area (Å²) in [5, 5.41) is 22.2. The molecule has 0 spiro atoms. The molecular formula is C22H25N3O6. The van der Waals surface area contributed by atoms with E-state index in [0.717, 1.165) is 6.07 Å². The minimum Gasteiger partial charge on any atom is -0.507 e. The first-order valence-electron chi connectivity index (χ1n) is 10.1. The van der Waals surface area contributed by atoms with E-state index in [4.69, 9.17) is 0 Å². The second-order valence-corrected chi connectivity index (χ2v) is 7.53. The molecule has 9 heteroatoms. The number of carbonyl (C=O) groups excluding carboxylic acids is 2. The number of aromatic nitrogens is 1. The number of para-hydroxylation sites is 1. The number of anilines is 1. The fourth-order valence-electron chi connectivity index (χ4n) is 3.59. The zero-order chi connectivity index (χ0) is 22.7. The average Bonchev–Trinajstić information content (AvgIpc) is 2.96. The van der Waals surface area contributed by atoms with E-state index >= 15 is 0 Å². The lowest BCUT2D eigenvalue weighted by Crippen LogP contribution is -2.35. The summed E-state index contributed by atoms with van der Waals surface area (Å²) in [6, 6.07) is 7.58. The van der Waals surface area contributed by atoms with Gasteiger partial charge in [0.2, 0.25) is 5.91 Å². The number of aromatic hydroxyl groups is 1. The lowest BCUT2D eigenvalue weighted by atomic mass is 10.1. The molecule has 2 aromatic rings. The summed E-state index contributed by atoms with van der Waals surface area (Å²) in [7, 11) is 0. The van der Waals surface area contributed by atoms with Gasteiger partial charge in [0.05, 0.1) is 11.3 Å². The number of carboxylic acids is 1. The van der Waals surface area contributed by atoms with Crippen LogP contribution in [0.5, 0.6) is 5.75 Å². The van der Waals surface area contributed by atoms with Gasteiger partial charge in [0.25, 0.3) is 11.5 Å². The number of carbonyl (C=O) groups is 3. The highest BCUT2D eigenvalue weighted by atomic mass is 16.4. The monoisotopic (exact) mass is 427 g/mol. The van der Waals surface area contributed by atoms with Crippen LogP contribution in [0, 0.1) is 5.92 Å². The van der Waals surface area contributed by atoms with Gasteiger partial charge < -0.3 is 25.0 Å². The number of fused-ring (bicyclic) bond motifs is 1. The van der Waals surface area contributed by atoms with Gasteiger partial charge in [0, 0.05) is 43.7 Å². The predicted molar refractivity (Wildman–Crippen MR) is 113 cm³/mol. The Balaban J connectivity index is 1.88. The van der Waals surface area contributed by atoms with E-state index < -0.39 is 17.3 Å². The predicted octanol–water partition coefficient (Wildman–Crippen LogP) is 1.94. The molecule has 0 saturated carbocycles. The molecule has 2 amide bonds. The Hall–Kier alpha value is -3.62. The van der Waals surface area contributed by atoms with E-state index in [9.17, 15) is 29.4 Å². The van der Waals surface area contributed by atoms with Crippen molar-refractivity contribution in [3.05, 3.63) is 57.5 Å². The van der Waals surface area contributed by atoms with Crippen LogP contribution < -0.4 is 10.9 Å². The topological polar surface area (TPSA) is 129 Å². The van der Waals surface area contributed by atoms with Crippen LogP contribution in [0.3, 0.4) is 0 Å². The van der Waals surface area contributed by atoms with Crippen LogP contribution in [-0.2, 0) is 17.8 Å². The smallest absolute Gasteiger partial charge is 0.341 e. The maximum atomic E-state index is 13.2. The van der Waals surface area contributed by atoms with Gasteiger partial charge in [-0.3, -0.25) is 14.4 Å². The second kappa shape index (κ2) is 9.03. The van der Waals surface area contributed by atoms with Gasteiger partial charge in [-0.25, -0.2) is 4.79 Å². The van der Waals surface area contributed by atoms with Crippen LogP contribution >= 0.6 is 0 Å². The molecule has 0 fully saturated rings. The van der Waals surface area contributed by atoms with E-state index in [1.54, 1.807) is 31.2 Å². The first-order chi connectivity index (χ1) is 14.7. The van der Waals surface area contributed by atoms with E-state index in [0.29, 0.717) is 17.7 Å². The highest BCUT2D eigenvalue weighted by molar-refractivity contribution is 6.04. The van der Waals surface area contributed by atoms with Gasteiger partial charge in [-0.15, -0.1) is 0 Å². The lowest BCUT2D eigenvalue weighted by molar-refractivity contribution is -0.119. The van der Waals surface area contributed by atoms with Crippen molar-refractivity contribution in [2.45, 2.75) is 33.2 Å². The Kier molecular flexibility index (Phi) is 6.43. The normalized spacial score (nSPS) is 14.3. The zero-order valence-corrected chi connectivity index (χ0v) is 17.4. The Morgan fingerprint density at radius 2 is 1.87 bits per heavy atom. The van der Waals surface area contributed by atoms with Gasteiger partial charge in [0.15, 0.2) is 0 Å². The number of pyridine rings is 1. The first kappa shape index (κ1) is 22.1. The second-order valence-electron chi connectivity index (χ2n) is 7.53. The highest BCUT2D eigenvalue weighted by Crippen LogP contribution is 2.23. The van der Waals surface area contributed by atoms with Crippen molar-refractivity contribution in [3.8, 4) is 5.75 Å². The Bertz CT molecular complexity index is 1090. The Labute approximate surface area is 178 Å². The van der Waals surface area contributed by atoms with Crippen molar-refractivity contribution in [1.82, 2.24) is 9.47 Å². The summed E-state index contributed by atoms with van der Waals surface area (Å²) in [6.07, 6.45) is 0.762. The quantitative estimate of drug-likeness (QED) is 0.669. The molecule has 9 nitrogen and oxygen atoms in total. The summed E-state index contributed by atoms with van der Waals surface area (Å²) < 4.78 is 1.28. The van der Waals surface area contributed by atoms with Gasteiger partial charge in [-0.2, -0.15) is 0 Å². The number of nitrogens with one attached hydrogen (secondary N) is 1. The van der Waals surface area contributed by atoms with Crippen LogP contribution in [0.2, 0.25) is 0 Å². The van der Waals surface area contributed by atoms with Crippen molar-refractivity contribution in [2.75, 3.05) is 18.4 Å². The van der Waals surface area contributed by atoms with Crippen molar-refractivity contribution in [3.63, 3.8) is 0 Å². The van der Waals surface area contributed by atoms with Crippen LogP contribution in [0.15, 0.2) is 35.1 Å². The third-order valence-electron chi connectivity index (χ3n) is 5.59. The molecule has 0 bridgehead atoms. The number of hydrogen-bond donors (Lipinski definition) is 3. The number of amides is 2. The van der Waals surface area contributed by atoms with Gasteiger partial charge >= 0.3 is 5.97 Å². The highest BCUT2D eigenvalue weighted by Gasteiger charge is 2.27. The summed E-state index contributed by atoms with van der Waals surface area (Å²) in [5.41, 5.74) is 0.0636. The van der Waals surface area contributed by atoms with Crippen LogP contribution in [0.25, 0.3) is 0 Å². The van der Waals surface area contributed by atoms with Gasteiger partial charge in [-0.1, -0.05) is 26.0 Å². The lowest BCUT2D eigenvalue weighted by Gasteiger charge is -2.22. The van der Waals surface area contributed by atoms with E-state index in [-0.39, 0.29) is 55.0 Å². The number of hydrogen-bond acceptors (Lipinski definition) is 5. The molecule has 0 aliphatic carbocycles. The largest absolute Gasteiger partial charge is 0.507 e. The third kappa shape index (κ3) is 4.45. The average molecular weight is 427 g/mol.